The molecule has 0 aromatic heterocycles. The molecule has 2 unspecified atom stereocenters. The Balaban J connectivity index is 3.47. The van der Waals surface area contributed by atoms with Crippen LogP contribution in [0.3, 0.4) is 0 Å². The lowest BCUT2D eigenvalue weighted by molar-refractivity contribution is -0.143. The molecule has 6 heteroatoms. The Morgan fingerprint density at radius 1 is 0.406 bits per heavy atom. The number of hydrogen-bond donors (Lipinski definition) is 3. The third kappa shape index (κ3) is 55.2. The van der Waals surface area contributed by atoms with Crippen LogP contribution in [0.2, 0.25) is 0 Å². The van der Waals surface area contributed by atoms with Gasteiger partial charge in [0.2, 0.25) is 5.91 Å². The molecule has 0 aliphatic rings. The number of carbonyl (C=O) groups excluding carboxylic acids is 2. The van der Waals surface area contributed by atoms with E-state index in [-0.39, 0.29) is 18.5 Å². The van der Waals surface area contributed by atoms with E-state index in [0.717, 1.165) is 57.8 Å². The number of unbranched alkanes of at least 4 members (excludes halogenated alkanes) is 42. The molecule has 69 heavy (non-hydrogen) atoms. The van der Waals surface area contributed by atoms with Crippen molar-refractivity contribution in [3.63, 3.8) is 0 Å². The number of hydrogen-bond acceptors (Lipinski definition) is 5. The number of nitrogens with one attached hydrogen (secondary N) is 1. The van der Waals surface area contributed by atoms with Crippen molar-refractivity contribution < 1.29 is 24.5 Å². The summed E-state index contributed by atoms with van der Waals surface area (Å²) in [5.74, 6) is -0.0691. The Morgan fingerprint density at radius 3 is 1.10 bits per heavy atom. The van der Waals surface area contributed by atoms with Gasteiger partial charge < -0.3 is 20.3 Å². The van der Waals surface area contributed by atoms with E-state index < -0.39 is 12.1 Å². The van der Waals surface area contributed by atoms with Crippen LogP contribution in [0.15, 0.2) is 36.5 Å². The van der Waals surface area contributed by atoms with Gasteiger partial charge in [-0.15, -0.1) is 0 Å². The Bertz CT molecular complexity index is 1120. The average Bonchev–Trinajstić information content (AvgIpc) is 3.35. The highest BCUT2D eigenvalue weighted by atomic mass is 16.5. The number of rotatable bonds is 57. The van der Waals surface area contributed by atoms with Crippen molar-refractivity contribution in [1.82, 2.24) is 5.32 Å². The maximum absolute atomic E-state index is 12.5. The van der Waals surface area contributed by atoms with Crippen LogP contribution in [0.5, 0.6) is 0 Å². The monoisotopic (exact) mass is 970 g/mol. The summed E-state index contributed by atoms with van der Waals surface area (Å²) in [5, 5.41) is 23.1. The first-order chi connectivity index (χ1) is 34.0. The van der Waals surface area contributed by atoms with Gasteiger partial charge in [-0.25, -0.2) is 0 Å². The minimum Gasteiger partial charge on any atom is -0.466 e. The van der Waals surface area contributed by atoms with Crippen LogP contribution in [-0.4, -0.2) is 47.4 Å². The third-order valence-corrected chi connectivity index (χ3v) is 14.2. The number of ether oxygens (including phenoxy) is 1. The molecule has 0 aliphatic heterocycles. The molecule has 0 aromatic carbocycles. The normalized spacial score (nSPS) is 12.8. The third-order valence-electron chi connectivity index (χ3n) is 14.2. The zero-order valence-electron chi connectivity index (χ0n) is 46.3. The number of aliphatic hydroxyl groups excluding tert-OH is 2. The van der Waals surface area contributed by atoms with E-state index in [2.05, 4.69) is 43.5 Å². The fourth-order valence-corrected chi connectivity index (χ4v) is 9.43. The summed E-state index contributed by atoms with van der Waals surface area (Å²) in [5.41, 5.74) is 0. The lowest BCUT2D eigenvalue weighted by Crippen LogP contribution is -2.45. The van der Waals surface area contributed by atoms with Crippen LogP contribution in [0.4, 0.5) is 0 Å². The first-order valence-corrected chi connectivity index (χ1v) is 30.8. The summed E-state index contributed by atoms with van der Waals surface area (Å²) in [6.45, 7) is 4.91. The zero-order chi connectivity index (χ0) is 50.0. The van der Waals surface area contributed by atoms with Gasteiger partial charge in [0, 0.05) is 12.8 Å². The molecule has 0 aliphatic carbocycles. The summed E-state index contributed by atoms with van der Waals surface area (Å²) >= 11 is 0. The predicted molar refractivity (Wildman–Crippen MR) is 301 cm³/mol. The van der Waals surface area contributed by atoms with Crippen LogP contribution in [-0.2, 0) is 14.3 Å². The fourth-order valence-electron chi connectivity index (χ4n) is 9.43. The molecule has 0 spiro atoms. The van der Waals surface area contributed by atoms with Crippen LogP contribution >= 0.6 is 0 Å². The van der Waals surface area contributed by atoms with Crippen molar-refractivity contribution >= 4 is 11.9 Å². The van der Waals surface area contributed by atoms with Crippen LogP contribution in [0.1, 0.15) is 328 Å². The maximum Gasteiger partial charge on any atom is 0.305 e. The molecule has 0 saturated carbocycles. The lowest BCUT2D eigenvalue weighted by atomic mass is 10.0. The van der Waals surface area contributed by atoms with Crippen molar-refractivity contribution in [2.24, 2.45) is 0 Å². The number of amides is 1. The minimum atomic E-state index is -0.851. The molecule has 0 aromatic rings. The van der Waals surface area contributed by atoms with Gasteiger partial charge in [0.25, 0.3) is 0 Å². The summed E-state index contributed by atoms with van der Waals surface area (Å²) in [6.07, 6.45) is 73.2. The Hall–Kier alpha value is -1.92. The highest BCUT2D eigenvalue weighted by Gasteiger charge is 2.18. The molecular weight excluding hydrogens is 851 g/mol. The highest BCUT2D eigenvalue weighted by Crippen LogP contribution is 2.17. The summed E-state index contributed by atoms with van der Waals surface area (Å²) in [4.78, 5) is 24.5. The fraction of sp³-hybridized carbons (Fsp3) is 0.873. The van der Waals surface area contributed by atoms with Crippen molar-refractivity contribution in [3.8, 4) is 0 Å². The van der Waals surface area contributed by atoms with Gasteiger partial charge in [-0.3, -0.25) is 9.59 Å². The Morgan fingerprint density at radius 2 is 0.725 bits per heavy atom. The molecule has 0 bridgehead atoms. The molecule has 0 saturated heterocycles. The van der Waals surface area contributed by atoms with E-state index in [9.17, 15) is 19.8 Å². The molecule has 406 valence electrons. The highest BCUT2D eigenvalue weighted by molar-refractivity contribution is 5.76. The maximum atomic E-state index is 12.5. The van der Waals surface area contributed by atoms with Crippen molar-refractivity contribution in [2.45, 2.75) is 341 Å². The van der Waals surface area contributed by atoms with E-state index in [1.54, 1.807) is 6.08 Å². The van der Waals surface area contributed by atoms with E-state index in [1.165, 1.54) is 244 Å². The molecular formula is C63H119NO5. The van der Waals surface area contributed by atoms with Crippen molar-refractivity contribution in [3.05, 3.63) is 36.5 Å². The molecule has 0 fully saturated rings. The van der Waals surface area contributed by atoms with Crippen LogP contribution in [0.25, 0.3) is 0 Å². The molecule has 2 atom stereocenters. The van der Waals surface area contributed by atoms with Gasteiger partial charge in [-0.2, -0.15) is 0 Å². The molecule has 3 N–H and O–H groups in total. The van der Waals surface area contributed by atoms with Crippen LogP contribution < -0.4 is 5.32 Å². The first kappa shape index (κ1) is 67.1. The number of esters is 1. The van der Waals surface area contributed by atoms with Gasteiger partial charge in [-0.1, -0.05) is 288 Å². The van der Waals surface area contributed by atoms with Crippen molar-refractivity contribution in [2.75, 3.05) is 13.2 Å². The second-order valence-corrected chi connectivity index (χ2v) is 21.0. The summed E-state index contributed by atoms with van der Waals surface area (Å²) < 4.78 is 5.47. The minimum absolute atomic E-state index is 0.00802. The van der Waals surface area contributed by atoms with Crippen molar-refractivity contribution in [1.29, 1.82) is 0 Å². The van der Waals surface area contributed by atoms with Crippen LogP contribution in [0, 0.1) is 0 Å². The smallest absolute Gasteiger partial charge is 0.305 e. The number of carbonyl (C=O) groups is 2. The van der Waals surface area contributed by atoms with E-state index in [1.807, 2.05) is 6.08 Å². The Kier molecular flexibility index (Phi) is 57.0. The molecule has 0 rings (SSSR count). The number of aliphatic hydroxyl groups is 2. The van der Waals surface area contributed by atoms with E-state index in [0.29, 0.717) is 19.4 Å². The molecule has 0 heterocycles. The predicted octanol–water partition coefficient (Wildman–Crippen LogP) is 19.2. The second-order valence-electron chi connectivity index (χ2n) is 21.0. The van der Waals surface area contributed by atoms with Gasteiger partial charge in [0.05, 0.1) is 25.4 Å². The summed E-state index contributed by atoms with van der Waals surface area (Å²) in [7, 11) is 0. The van der Waals surface area contributed by atoms with Gasteiger partial charge in [0.15, 0.2) is 0 Å². The molecule has 6 nitrogen and oxygen atoms in total. The quantitative estimate of drug-likeness (QED) is 0.0321. The van der Waals surface area contributed by atoms with Gasteiger partial charge in [-0.05, 0) is 64.2 Å². The SMILES string of the molecule is CCCCCCCCCCCCCCCC/C=C/C(O)C(CO)NC(=O)CCCCCCCCC/C=C\C/C=C\CCCCCCCCCCCOC(=O)CCCCCCCCCCCCCCC. The lowest BCUT2D eigenvalue weighted by Gasteiger charge is -2.20. The van der Waals surface area contributed by atoms with Gasteiger partial charge in [0.1, 0.15) is 0 Å². The van der Waals surface area contributed by atoms with E-state index in [4.69, 9.17) is 4.74 Å². The number of allylic oxidation sites excluding steroid dienone is 5. The summed E-state index contributed by atoms with van der Waals surface area (Å²) in [6, 6.07) is -0.636. The average molecular weight is 971 g/mol. The Labute approximate surface area is 430 Å². The first-order valence-electron chi connectivity index (χ1n) is 30.8. The van der Waals surface area contributed by atoms with Gasteiger partial charge >= 0.3 is 5.97 Å². The standard InChI is InChI=1S/C63H119NO5/c1-3-5-7-9-11-13-15-17-18-28-32-35-39-43-47-51-55-61(66)60(59-65)64-62(67)56-52-48-44-40-36-33-29-26-24-22-20-19-21-23-25-27-30-34-38-42-46-50-54-58-69-63(68)57-53-49-45-41-37-31-16-14-12-10-8-6-4-2/h19,21-22,24,51,55,60-61,65-66H,3-18,20,23,25-50,52-54,56-59H2,1-2H3,(H,64,67)/b21-19-,24-22-,55-51+. The largest absolute Gasteiger partial charge is 0.466 e. The second kappa shape index (κ2) is 58.6. The zero-order valence-corrected chi connectivity index (χ0v) is 46.3. The molecule has 0 radical (unpaired) electrons. The topological polar surface area (TPSA) is 95.9 Å². The van der Waals surface area contributed by atoms with E-state index >= 15 is 0 Å². The molecule has 1 amide bonds.